The van der Waals surface area contributed by atoms with E-state index in [1.807, 2.05) is 12.3 Å². The van der Waals surface area contributed by atoms with E-state index in [-0.39, 0.29) is 29.5 Å². The molecule has 11 heteroatoms. The molecule has 192 valence electrons. The molecule has 0 bridgehead atoms. The smallest absolute Gasteiger partial charge is 0.313 e. The number of ether oxygens (including phenoxy) is 1. The maximum absolute atomic E-state index is 12.3. The van der Waals surface area contributed by atoms with Crippen LogP contribution in [0, 0.1) is 0 Å². The van der Waals surface area contributed by atoms with Gasteiger partial charge in [0.15, 0.2) is 11.5 Å². The van der Waals surface area contributed by atoms with Crippen molar-refractivity contribution in [3.8, 4) is 0 Å². The number of rotatable bonds is 8. The standard InChI is InChI=1S/C26H30N8O3/c1-4-37-22(35)14-21-28-20(30-31-21)13-17-12-19(15-34-24(17)29-23(32-34)25(36)27-3)33-11-10-26(2,16-33)18-8-6-5-7-9-18/h5-9,12,15H,4,10-11,13-14,16H2,1-3H3,(H,27,36)(H,28,30,31)/t26-/m0/s1. The summed E-state index contributed by atoms with van der Waals surface area (Å²) in [6.45, 7) is 6.10. The number of H-pyrrole nitrogens is 1. The Bertz CT molecular complexity index is 1430. The maximum atomic E-state index is 12.3. The molecule has 4 heterocycles. The van der Waals surface area contributed by atoms with Crippen molar-refractivity contribution in [2.24, 2.45) is 0 Å². The zero-order chi connectivity index (χ0) is 26.0. The number of hydrogen-bond acceptors (Lipinski definition) is 8. The van der Waals surface area contributed by atoms with Gasteiger partial charge in [0, 0.05) is 37.5 Å². The van der Waals surface area contributed by atoms with Crippen molar-refractivity contribution < 1.29 is 14.3 Å². The van der Waals surface area contributed by atoms with E-state index in [1.54, 1.807) is 18.5 Å². The van der Waals surface area contributed by atoms with Gasteiger partial charge in [0.05, 0.1) is 18.5 Å². The van der Waals surface area contributed by atoms with Crippen LogP contribution in [0.3, 0.4) is 0 Å². The second-order valence-electron chi connectivity index (χ2n) is 9.46. The first-order chi connectivity index (χ1) is 17.9. The van der Waals surface area contributed by atoms with Crippen LogP contribution in [-0.4, -0.2) is 68.4 Å². The van der Waals surface area contributed by atoms with Gasteiger partial charge in [-0.25, -0.2) is 14.5 Å². The minimum Gasteiger partial charge on any atom is -0.466 e. The fraction of sp³-hybridized carbons (Fsp3) is 0.385. The number of aromatic nitrogens is 6. The van der Waals surface area contributed by atoms with Crippen molar-refractivity contribution in [1.29, 1.82) is 0 Å². The Hall–Kier alpha value is -4.28. The molecular formula is C26H30N8O3. The predicted octanol–water partition coefficient (Wildman–Crippen LogP) is 2.07. The highest BCUT2D eigenvalue weighted by molar-refractivity contribution is 5.90. The number of carbonyl (C=O) groups excluding carboxylic acids is 2. The van der Waals surface area contributed by atoms with Crippen molar-refractivity contribution in [3.63, 3.8) is 0 Å². The molecule has 1 aliphatic rings. The summed E-state index contributed by atoms with van der Waals surface area (Å²) in [4.78, 5) is 35.4. The van der Waals surface area contributed by atoms with Crippen molar-refractivity contribution in [2.45, 2.75) is 38.5 Å². The molecular weight excluding hydrogens is 472 g/mol. The van der Waals surface area contributed by atoms with E-state index in [0.29, 0.717) is 30.3 Å². The van der Waals surface area contributed by atoms with Gasteiger partial charge in [0.1, 0.15) is 12.2 Å². The third-order valence-electron chi connectivity index (χ3n) is 6.78. The highest BCUT2D eigenvalue weighted by Gasteiger charge is 2.35. The van der Waals surface area contributed by atoms with Crippen molar-refractivity contribution in [2.75, 3.05) is 31.6 Å². The third kappa shape index (κ3) is 5.02. The second-order valence-corrected chi connectivity index (χ2v) is 9.46. The number of esters is 1. The van der Waals surface area contributed by atoms with E-state index in [2.05, 4.69) is 72.7 Å². The van der Waals surface area contributed by atoms with Gasteiger partial charge in [-0.2, -0.15) is 5.10 Å². The Labute approximate surface area is 214 Å². The molecule has 0 aliphatic carbocycles. The minimum atomic E-state index is -0.374. The molecule has 3 aromatic heterocycles. The van der Waals surface area contributed by atoms with Crippen LogP contribution in [0.4, 0.5) is 5.69 Å². The molecule has 1 saturated heterocycles. The molecule has 5 rings (SSSR count). The average molecular weight is 503 g/mol. The van der Waals surface area contributed by atoms with E-state index < -0.39 is 0 Å². The average Bonchev–Trinajstić information content (AvgIpc) is 3.63. The molecule has 4 aromatic rings. The molecule has 0 saturated carbocycles. The largest absolute Gasteiger partial charge is 0.466 e. The summed E-state index contributed by atoms with van der Waals surface area (Å²) in [5.74, 6) is 0.313. The van der Waals surface area contributed by atoms with Crippen LogP contribution >= 0.6 is 0 Å². The fourth-order valence-corrected chi connectivity index (χ4v) is 4.82. The van der Waals surface area contributed by atoms with Crippen LogP contribution in [0.15, 0.2) is 42.6 Å². The van der Waals surface area contributed by atoms with Crippen LogP contribution in [-0.2, 0) is 27.8 Å². The van der Waals surface area contributed by atoms with Crippen LogP contribution in [0.2, 0.25) is 0 Å². The molecule has 0 spiro atoms. The van der Waals surface area contributed by atoms with E-state index >= 15 is 0 Å². The fourth-order valence-electron chi connectivity index (χ4n) is 4.82. The topological polar surface area (TPSA) is 130 Å². The van der Waals surface area contributed by atoms with Crippen molar-refractivity contribution in [1.82, 2.24) is 35.1 Å². The highest BCUT2D eigenvalue weighted by atomic mass is 16.5. The van der Waals surface area contributed by atoms with Crippen molar-refractivity contribution >= 4 is 23.2 Å². The number of nitrogens with one attached hydrogen (secondary N) is 2. The molecule has 1 fully saturated rings. The molecule has 0 radical (unpaired) electrons. The molecule has 2 N–H and O–H groups in total. The Morgan fingerprint density at radius 2 is 2.03 bits per heavy atom. The first-order valence-corrected chi connectivity index (χ1v) is 12.4. The van der Waals surface area contributed by atoms with Gasteiger partial charge in [0.2, 0.25) is 5.82 Å². The maximum Gasteiger partial charge on any atom is 0.313 e. The van der Waals surface area contributed by atoms with E-state index in [9.17, 15) is 9.59 Å². The number of carbonyl (C=O) groups is 2. The number of amides is 1. The van der Waals surface area contributed by atoms with Gasteiger partial charge in [-0.3, -0.25) is 14.7 Å². The zero-order valence-electron chi connectivity index (χ0n) is 21.2. The monoisotopic (exact) mass is 502 g/mol. The van der Waals surface area contributed by atoms with Crippen LogP contribution < -0.4 is 10.2 Å². The summed E-state index contributed by atoms with van der Waals surface area (Å²) in [5, 5.41) is 14.1. The lowest BCUT2D eigenvalue weighted by molar-refractivity contribution is -0.142. The Morgan fingerprint density at radius 3 is 2.78 bits per heavy atom. The first-order valence-electron chi connectivity index (χ1n) is 12.4. The van der Waals surface area contributed by atoms with Crippen molar-refractivity contribution in [3.05, 3.63) is 71.2 Å². The lowest BCUT2D eigenvalue weighted by Gasteiger charge is -2.26. The minimum absolute atomic E-state index is 0.00259. The lowest BCUT2D eigenvalue weighted by atomic mass is 9.82. The summed E-state index contributed by atoms with van der Waals surface area (Å²) in [7, 11) is 1.55. The molecule has 37 heavy (non-hydrogen) atoms. The van der Waals surface area contributed by atoms with Gasteiger partial charge in [-0.05, 0) is 25.0 Å². The van der Waals surface area contributed by atoms with Crippen LogP contribution in [0.25, 0.3) is 5.65 Å². The molecule has 0 unspecified atom stereocenters. The quantitative estimate of drug-likeness (QED) is 0.350. The number of hydrogen-bond donors (Lipinski definition) is 2. The third-order valence-corrected chi connectivity index (χ3v) is 6.78. The van der Waals surface area contributed by atoms with Gasteiger partial charge >= 0.3 is 5.97 Å². The highest BCUT2D eigenvalue weighted by Crippen LogP contribution is 2.37. The molecule has 1 aromatic carbocycles. The van der Waals surface area contributed by atoms with Gasteiger partial charge in [-0.1, -0.05) is 37.3 Å². The number of aromatic amines is 1. The van der Waals surface area contributed by atoms with Crippen LogP contribution in [0.1, 0.15) is 53.7 Å². The van der Waals surface area contributed by atoms with Crippen LogP contribution in [0.5, 0.6) is 0 Å². The summed E-state index contributed by atoms with van der Waals surface area (Å²) in [6, 6.07) is 12.6. The number of anilines is 1. The van der Waals surface area contributed by atoms with E-state index in [0.717, 1.165) is 30.8 Å². The molecule has 1 aliphatic heterocycles. The van der Waals surface area contributed by atoms with Gasteiger partial charge < -0.3 is 15.0 Å². The van der Waals surface area contributed by atoms with Gasteiger partial charge in [-0.15, -0.1) is 5.10 Å². The lowest BCUT2D eigenvalue weighted by Crippen LogP contribution is -2.28. The molecule has 11 nitrogen and oxygen atoms in total. The molecule has 1 amide bonds. The Balaban J connectivity index is 1.47. The number of benzene rings is 1. The van der Waals surface area contributed by atoms with Gasteiger partial charge in [0.25, 0.3) is 5.91 Å². The number of fused-ring (bicyclic) bond motifs is 1. The molecule has 1 atom stereocenters. The second kappa shape index (κ2) is 10.00. The van der Waals surface area contributed by atoms with E-state index in [4.69, 9.17) is 4.74 Å². The summed E-state index contributed by atoms with van der Waals surface area (Å²) < 4.78 is 6.65. The Kier molecular flexibility index (Phi) is 6.60. The SMILES string of the molecule is CCOC(=O)Cc1n[nH]c(Cc2cc(N3CC[C@](C)(c4ccccc4)C3)cn3nc(C(=O)NC)nc23)n1. The first kappa shape index (κ1) is 24.4. The summed E-state index contributed by atoms with van der Waals surface area (Å²) in [5.41, 5.74) is 3.74. The number of nitrogens with zero attached hydrogens (tertiary/aromatic N) is 6. The predicted molar refractivity (Wildman–Crippen MR) is 137 cm³/mol. The van der Waals surface area contributed by atoms with E-state index in [1.165, 1.54) is 5.56 Å². The zero-order valence-corrected chi connectivity index (χ0v) is 21.2. The normalized spacial score (nSPS) is 17.3. The summed E-state index contributed by atoms with van der Waals surface area (Å²) >= 11 is 0. The Morgan fingerprint density at radius 1 is 1.22 bits per heavy atom. The number of pyridine rings is 1. The summed E-state index contributed by atoms with van der Waals surface area (Å²) in [6.07, 6.45) is 3.31.